The van der Waals surface area contributed by atoms with E-state index in [0.29, 0.717) is 12.1 Å². The summed E-state index contributed by atoms with van der Waals surface area (Å²) in [5.74, 6) is 0.0694. The van der Waals surface area contributed by atoms with Crippen LogP contribution in [0.3, 0.4) is 0 Å². The Kier molecular flexibility index (Phi) is 1.20. The first kappa shape index (κ1) is 5.15. The van der Waals surface area contributed by atoms with E-state index in [4.69, 9.17) is 0 Å². The molecular weight excluding hydrogens is 104 g/mol. The zero-order valence-corrected chi connectivity index (χ0v) is 4.59. The fraction of sp³-hybridized carbons (Fsp3) is 0.400. The van der Waals surface area contributed by atoms with Crippen molar-refractivity contribution in [3.8, 4) is 0 Å². The third-order valence-corrected chi connectivity index (χ3v) is 0.970. The van der Waals surface area contributed by atoms with Crippen LogP contribution in [0.4, 0.5) is 0 Å². The Morgan fingerprint density at radius 2 is 2.50 bits per heavy atom. The second-order valence-electron chi connectivity index (χ2n) is 1.61. The highest BCUT2D eigenvalue weighted by atomic mass is 16.1. The molecule has 0 N–H and O–H groups in total. The van der Waals surface area contributed by atoms with E-state index in [2.05, 4.69) is 10.2 Å². The Hall–Kier alpha value is -0.990. The van der Waals surface area contributed by atoms with Crippen LogP contribution in [0.5, 0.6) is 0 Å². The zero-order valence-electron chi connectivity index (χ0n) is 4.59. The van der Waals surface area contributed by atoms with Gasteiger partial charge in [0.25, 0.3) is 0 Å². The van der Waals surface area contributed by atoms with E-state index in [1.165, 1.54) is 6.21 Å². The van der Waals surface area contributed by atoms with Gasteiger partial charge in [0, 0.05) is 12.6 Å². The largest absolute Gasteiger partial charge is 0.292 e. The summed E-state index contributed by atoms with van der Waals surface area (Å²) in [6.07, 6.45) is 1.92. The molecule has 0 unspecified atom stereocenters. The molecule has 3 heteroatoms. The van der Waals surface area contributed by atoms with Crippen molar-refractivity contribution in [1.82, 2.24) is 0 Å². The number of Topliss-reactive ketones (excluding diaryl/α,β-unsaturated/α-hetero) is 1. The van der Waals surface area contributed by atoms with Crippen LogP contribution in [0.15, 0.2) is 10.2 Å². The lowest BCUT2D eigenvalue weighted by molar-refractivity contribution is -0.112. The Labute approximate surface area is 47.1 Å². The molecule has 0 aromatic carbocycles. The molecular formula is C5H6N2O. The molecule has 3 nitrogen and oxygen atoms in total. The van der Waals surface area contributed by atoms with Crippen LogP contribution in [-0.4, -0.2) is 17.7 Å². The number of ketones is 1. The number of carbonyl (C=O) groups excluding carboxylic acids is 1. The molecule has 0 aromatic heterocycles. The number of hydrogen-bond donors (Lipinski definition) is 0. The Morgan fingerprint density at radius 3 is 2.88 bits per heavy atom. The molecule has 1 heterocycles. The van der Waals surface area contributed by atoms with Gasteiger partial charge in [-0.15, -0.1) is 0 Å². The van der Waals surface area contributed by atoms with Gasteiger partial charge in [0.1, 0.15) is 5.71 Å². The van der Waals surface area contributed by atoms with Gasteiger partial charge < -0.3 is 0 Å². The van der Waals surface area contributed by atoms with Gasteiger partial charge in [-0.2, -0.15) is 10.2 Å². The summed E-state index contributed by atoms with van der Waals surface area (Å²) in [6, 6.07) is 0. The maximum absolute atomic E-state index is 10.6. The van der Waals surface area contributed by atoms with Crippen molar-refractivity contribution in [2.45, 2.75) is 13.3 Å². The fourth-order valence-corrected chi connectivity index (χ4v) is 0.455. The number of rotatable bonds is 0. The van der Waals surface area contributed by atoms with E-state index in [0.717, 1.165) is 0 Å². The highest BCUT2D eigenvalue weighted by molar-refractivity contribution is 6.41. The predicted octanol–water partition coefficient (Wildman–Crippen LogP) is 0.406. The summed E-state index contributed by atoms with van der Waals surface area (Å²) in [4.78, 5) is 10.6. The summed E-state index contributed by atoms with van der Waals surface area (Å²) < 4.78 is 0. The smallest absolute Gasteiger partial charge is 0.183 e. The van der Waals surface area contributed by atoms with Crippen LogP contribution in [0.2, 0.25) is 0 Å². The molecule has 0 bridgehead atoms. The molecule has 0 atom stereocenters. The van der Waals surface area contributed by atoms with Gasteiger partial charge in [0.2, 0.25) is 0 Å². The highest BCUT2D eigenvalue weighted by Crippen LogP contribution is 1.91. The lowest BCUT2D eigenvalue weighted by atomic mass is 10.2. The number of carbonyl (C=O) groups is 1. The van der Waals surface area contributed by atoms with Crippen molar-refractivity contribution in [2.75, 3.05) is 0 Å². The average molecular weight is 110 g/mol. The zero-order chi connectivity index (χ0) is 5.98. The maximum atomic E-state index is 10.6. The van der Waals surface area contributed by atoms with Crippen molar-refractivity contribution < 1.29 is 4.79 Å². The molecule has 0 radical (unpaired) electrons. The summed E-state index contributed by atoms with van der Waals surface area (Å²) in [7, 11) is 0. The molecule has 0 aromatic rings. The molecule has 0 aliphatic carbocycles. The summed E-state index contributed by atoms with van der Waals surface area (Å²) in [5, 5.41) is 7.10. The normalized spacial score (nSPS) is 18.6. The van der Waals surface area contributed by atoms with Crippen LogP contribution in [0.25, 0.3) is 0 Å². The van der Waals surface area contributed by atoms with Crippen LogP contribution in [-0.2, 0) is 4.79 Å². The summed E-state index contributed by atoms with van der Waals surface area (Å²) in [6.45, 7) is 1.67. The second-order valence-corrected chi connectivity index (χ2v) is 1.61. The minimum Gasteiger partial charge on any atom is -0.292 e. The third kappa shape index (κ3) is 0.804. The molecule has 0 saturated carbocycles. The molecule has 1 rings (SSSR count). The molecule has 0 fully saturated rings. The number of nitrogens with zero attached hydrogens (tertiary/aromatic N) is 2. The minimum atomic E-state index is 0.0694. The average Bonchev–Trinajstić information content (AvgIpc) is 1.77. The molecule has 0 saturated heterocycles. The van der Waals surface area contributed by atoms with E-state index in [-0.39, 0.29) is 5.78 Å². The molecule has 8 heavy (non-hydrogen) atoms. The fourth-order valence-electron chi connectivity index (χ4n) is 0.455. The minimum absolute atomic E-state index is 0.0694. The van der Waals surface area contributed by atoms with Gasteiger partial charge in [0.15, 0.2) is 5.78 Å². The van der Waals surface area contributed by atoms with E-state index in [1.807, 2.05) is 0 Å². The van der Waals surface area contributed by atoms with E-state index >= 15 is 0 Å². The molecule has 0 amide bonds. The Bertz CT molecular complexity index is 169. The lowest BCUT2D eigenvalue weighted by Gasteiger charge is -1.95. The van der Waals surface area contributed by atoms with E-state index in [9.17, 15) is 4.79 Å². The van der Waals surface area contributed by atoms with Gasteiger partial charge >= 0.3 is 0 Å². The van der Waals surface area contributed by atoms with Crippen LogP contribution >= 0.6 is 0 Å². The monoisotopic (exact) mass is 110 g/mol. The first-order valence-electron chi connectivity index (χ1n) is 2.40. The van der Waals surface area contributed by atoms with Gasteiger partial charge in [-0.25, -0.2) is 0 Å². The first-order valence-corrected chi connectivity index (χ1v) is 2.40. The van der Waals surface area contributed by atoms with E-state index in [1.54, 1.807) is 6.92 Å². The second kappa shape index (κ2) is 1.86. The molecule has 1 aliphatic rings. The molecule has 42 valence electrons. The summed E-state index contributed by atoms with van der Waals surface area (Å²) in [5.41, 5.74) is 0.507. The van der Waals surface area contributed by atoms with Crippen molar-refractivity contribution in [2.24, 2.45) is 10.2 Å². The van der Waals surface area contributed by atoms with Crippen LogP contribution < -0.4 is 0 Å². The highest BCUT2D eigenvalue weighted by Gasteiger charge is 2.05. The Morgan fingerprint density at radius 1 is 1.75 bits per heavy atom. The quantitative estimate of drug-likeness (QED) is 0.445. The molecule has 0 spiro atoms. The van der Waals surface area contributed by atoms with Crippen molar-refractivity contribution in [3.05, 3.63) is 0 Å². The van der Waals surface area contributed by atoms with Gasteiger partial charge in [-0.3, -0.25) is 4.79 Å². The van der Waals surface area contributed by atoms with Gasteiger partial charge in [0.05, 0.1) is 0 Å². The van der Waals surface area contributed by atoms with Crippen molar-refractivity contribution >= 4 is 17.7 Å². The van der Waals surface area contributed by atoms with Gasteiger partial charge in [-0.05, 0) is 6.92 Å². The summed E-state index contributed by atoms with van der Waals surface area (Å²) >= 11 is 0. The van der Waals surface area contributed by atoms with Gasteiger partial charge in [-0.1, -0.05) is 0 Å². The lowest BCUT2D eigenvalue weighted by Crippen LogP contribution is -2.12. The number of hydrogen-bond acceptors (Lipinski definition) is 3. The van der Waals surface area contributed by atoms with E-state index < -0.39 is 0 Å². The SMILES string of the molecule is CC1=NN=CCC1=O. The van der Waals surface area contributed by atoms with Crippen molar-refractivity contribution in [1.29, 1.82) is 0 Å². The van der Waals surface area contributed by atoms with Crippen LogP contribution in [0, 0.1) is 0 Å². The first-order chi connectivity index (χ1) is 3.80. The maximum Gasteiger partial charge on any atom is 0.183 e. The third-order valence-electron chi connectivity index (χ3n) is 0.970. The standard InChI is InChI=1S/C5H6N2O/c1-4-5(8)2-3-6-7-4/h3H,2H2,1H3. The van der Waals surface area contributed by atoms with Crippen LogP contribution in [0.1, 0.15) is 13.3 Å². The predicted molar refractivity (Wildman–Crippen MR) is 31.2 cm³/mol. The van der Waals surface area contributed by atoms with Crippen molar-refractivity contribution in [3.63, 3.8) is 0 Å². The molecule has 1 aliphatic heterocycles. The topological polar surface area (TPSA) is 41.8 Å². The Balaban J connectivity index is 2.80.